The largest absolute Gasteiger partial charge is 0.336 e. The second kappa shape index (κ2) is 6.32. The molecule has 0 aromatic heterocycles. The van der Waals surface area contributed by atoms with Crippen LogP contribution in [0.2, 0.25) is 0 Å². The molecule has 2 atom stereocenters. The van der Waals surface area contributed by atoms with Crippen molar-refractivity contribution in [2.45, 2.75) is 86.4 Å². The van der Waals surface area contributed by atoms with Crippen LogP contribution in [0.5, 0.6) is 0 Å². The average Bonchev–Trinajstić information content (AvgIpc) is 2.95. The van der Waals surface area contributed by atoms with Crippen molar-refractivity contribution in [2.75, 3.05) is 0 Å². The van der Waals surface area contributed by atoms with E-state index in [1.165, 1.54) is 19.3 Å². The maximum absolute atomic E-state index is 13.9. The molecule has 6 bridgehead atoms. The van der Waals surface area contributed by atoms with Crippen LogP contribution in [-0.2, 0) is 14.6 Å². The minimum atomic E-state index is -3.32. The fourth-order valence-electron chi connectivity index (χ4n) is 8.16. The van der Waals surface area contributed by atoms with E-state index in [9.17, 15) is 13.2 Å². The lowest BCUT2D eigenvalue weighted by atomic mass is 9.49. The molecule has 2 saturated heterocycles. The van der Waals surface area contributed by atoms with Crippen LogP contribution in [0.1, 0.15) is 64.2 Å². The third kappa shape index (κ3) is 2.75. The van der Waals surface area contributed by atoms with E-state index in [-0.39, 0.29) is 22.7 Å². The normalized spacial score (nSPS) is 43.0. The molecule has 6 aliphatic rings. The number of benzene rings is 1. The quantitative estimate of drug-likeness (QED) is 0.746. The molecule has 4 aliphatic carbocycles. The van der Waals surface area contributed by atoms with E-state index >= 15 is 0 Å². The molecule has 5 heteroatoms. The molecule has 29 heavy (non-hydrogen) atoms. The Kier molecular flexibility index (Phi) is 4.01. The van der Waals surface area contributed by atoms with Crippen LogP contribution in [0.4, 0.5) is 0 Å². The van der Waals surface area contributed by atoms with Crippen molar-refractivity contribution < 1.29 is 13.2 Å². The van der Waals surface area contributed by atoms with Crippen molar-refractivity contribution in [1.29, 1.82) is 0 Å². The molecular formula is C24H31NO3S. The van der Waals surface area contributed by atoms with Crippen molar-refractivity contribution in [3.8, 4) is 0 Å². The molecule has 4 nitrogen and oxygen atoms in total. The summed E-state index contributed by atoms with van der Waals surface area (Å²) in [5.41, 5.74) is -0.110. The molecule has 1 aromatic rings. The zero-order valence-corrected chi connectivity index (χ0v) is 17.8. The first-order valence-electron chi connectivity index (χ1n) is 11.6. The predicted octanol–water partition coefficient (Wildman–Crippen LogP) is 4.20. The summed E-state index contributed by atoms with van der Waals surface area (Å²) in [5.74, 6) is 2.69. The van der Waals surface area contributed by atoms with Gasteiger partial charge >= 0.3 is 0 Å². The van der Waals surface area contributed by atoms with Crippen molar-refractivity contribution in [3.63, 3.8) is 0 Å². The number of hydrogen-bond donors (Lipinski definition) is 0. The van der Waals surface area contributed by atoms with E-state index in [1.807, 2.05) is 6.07 Å². The number of hydrogen-bond acceptors (Lipinski definition) is 3. The van der Waals surface area contributed by atoms with Gasteiger partial charge in [0, 0.05) is 12.1 Å². The number of rotatable bonds is 3. The van der Waals surface area contributed by atoms with Gasteiger partial charge in [-0.05, 0) is 94.1 Å². The van der Waals surface area contributed by atoms with Crippen molar-refractivity contribution in [1.82, 2.24) is 4.90 Å². The molecule has 4 saturated carbocycles. The Morgan fingerprint density at radius 3 is 1.86 bits per heavy atom. The van der Waals surface area contributed by atoms with Gasteiger partial charge in [-0.3, -0.25) is 4.79 Å². The maximum atomic E-state index is 13.9. The SMILES string of the molecule is O=C(N1C2CCC1CC(S(=O)(=O)c1ccccc1)C2)C12CC3CC(CC(C3)C1)C2. The van der Waals surface area contributed by atoms with Crippen LogP contribution in [0.25, 0.3) is 0 Å². The number of amides is 1. The number of sulfone groups is 1. The van der Waals surface area contributed by atoms with Crippen LogP contribution in [0, 0.1) is 23.2 Å². The molecule has 2 heterocycles. The third-order valence-electron chi connectivity index (χ3n) is 8.93. The van der Waals surface area contributed by atoms with Crippen molar-refractivity contribution in [3.05, 3.63) is 30.3 Å². The Morgan fingerprint density at radius 2 is 1.34 bits per heavy atom. The highest BCUT2D eigenvalue weighted by atomic mass is 32.2. The van der Waals surface area contributed by atoms with Gasteiger partial charge in [0.2, 0.25) is 5.91 Å². The summed E-state index contributed by atoms with van der Waals surface area (Å²) in [6.45, 7) is 0. The fraction of sp³-hybridized carbons (Fsp3) is 0.708. The fourth-order valence-corrected chi connectivity index (χ4v) is 10.0. The summed E-state index contributed by atoms with van der Waals surface area (Å²) in [5, 5.41) is -0.345. The summed E-state index contributed by atoms with van der Waals surface area (Å²) < 4.78 is 26.4. The summed E-state index contributed by atoms with van der Waals surface area (Å²) in [6.07, 6.45) is 10.5. The average molecular weight is 414 g/mol. The van der Waals surface area contributed by atoms with Crippen molar-refractivity contribution in [2.24, 2.45) is 23.2 Å². The van der Waals surface area contributed by atoms with Gasteiger partial charge in [0.25, 0.3) is 0 Å². The first-order chi connectivity index (χ1) is 13.9. The Balaban J connectivity index is 1.25. The molecule has 2 unspecified atom stereocenters. The van der Waals surface area contributed by atoms with Gasteiger partial charge < -0.3 is 4.90 Å². The number of carbonyl (C=O) groups is 1. The van der Waals surface area contributed by atoms with Crippen LogP contribution >= 0.6 is 0 Å². The van der Waals surface area contributed by atoms with E-state index in [0.717, 1.165) is 49.9 Å². The minimum Gasteiger partial charge on any atom is -0.336 e. The topological polar surface area (TPSA) is 54.5 Å². The third-order valence-corrected chi connectivity index (χ3v) is 11.1. The molecule has 2 aliphatic heterocycles. The highest BCUT2D eigenvalue weighted by Gasteiger charge is 2.58. The maximum Gasteiger partial charge on any atom is 0.229 e. The summed E-state index contributed by atoms with van der Waals surface area (Å²) in [6, 6.07) is 9.13. The van der Waals surface area contributed by atoms with Crippen molar-refractivity contribution >= 4 is 15.7 Å². The standard InChI is InChI=1S/C24H31NO3S/c26-23(24-13-16-8-17(14-24)10-18(9-16)15-24)25-19-6-7-20(25)12-22(11-19)29(27,28)21-4-2-1-3-5-21/h1-5,16-20,22H,6-15H2. The van der Waals surface area contributed by atoms with E-state index in [4.69, 9.17) is 0 Å². The van der Waals surface area contributed by atoms with Gasteiger partial charge in [0.1, 0.15) is 0 Å². The minimum absolute atomic E-state index is 0.110. The molecule has 156 valence electrons. The van der Waals surface area contributed by atoms with Crippen LogP contribution in [0.15, 0.2) is 35.2 Å². The first-order valence-corrected chi connectivity index (χ1v) is 13.1. The molecule has 1 aromatic carbocycles. The van der Waals surface area contributed by atoms with Gasteiger partial charge in [-0.2, -0.15) is 0 Å². The Bertz CT molecular complexity index is 875. The smallest absolute Gasteiger partial charge is 0.229 e. The highest BCUT2D eigenvalue weighted by Crippen LogP contribution is 2.61. The Labute approximate surface area is 174 Å². The van der Waals surface area contributed by atoms with E-state index in [1.54, 1.807) is 24.3 Å². The number of piperidine rings is 1. The number of carbonyl (C=O) groups excluding carboxylic acids is 1. The highest BCUT2D eigenvalue weighted by molar-refractivity contribution is 7.92. The molecule has 0 spiro atoms. The van der Waals surface area contributed by atoms with Crippen LogP contribution < -0.4 is 0 Å². The van der Waals surface area contributed by atoms with Gasteiger partial charge in [-0.1, -0.05) is 18.2 Å². The van der Waals surface area contributed by atoms with Crippen LogP contribution in [0.3, 0.4) is 0 Å². The number of fused-ring (bicyclic) bond motifs is 2. The summed E-state index contributed by atoms with van der Waals surface area (Å²) in [4.78, 5) is 16.5. The van der Waals surface area contributed by atoms with E-state index < -0.39 is 9.84 Å². The van der Waals surface area contributed by atoms with E-state index in [0.29, 0.717) is 23.6 Å². The zero-order chi connectivity index (χ0) is 19.8. The second-order valence-corrected chi connectivity index (χ2v) is 13.0. The molecule has 6 fully saturated rings. The zero-order valence-electron chi connectivity index (χ0n) is 17.0. The lowest BCUT2D eigenvalue weighted by molar-refractivity contribution is -0.162. The second-order valence-electron chi connectivity index (χ2n) is 10.7. The summed E-state index contributed by atoms with van der Waals surface area (Å²) >= 11 is 0. The molecule has 0 N–H and O–H groups in total. The lowest BCUT2D eigenvalue weighted by Crippen LogP contribution is -2.59. The predicted molar refractivity (Wildman–Crippen MR) is 111 cm³/mol. The number of nitrogens with zero attached hydrogens (tertiary/aromatic N) is 1. The van der Waals surface area contributed by atoms with Gasteiger partial charge in [-0.25, -0.2) is 8.42 Å². The van der Waals surface area contributed by atoms with Gasteiger partial charge in [0.15, 0.2) is 9.84 Å². The lowest BCUT2D eigenvalue weighted by Gasteiger charge is -2.57. The molecule has 7 rings (SSSR count). The Hall–Kier alpha value is -1.36. The molecule has 1 amide bonds. The first kappa shape index (κ1) is 18.4. The van der Waals surface area contributed by atoms with Gasteiger partial charge in [-0.15, -0.1) is 0 Å². The monoisotopic (exact) mass is 413 g/mol. The Morgan fingerprint density at radius 1 is 0.828 bits per heavy atom. The molecular weight excluding hydrogens is 382 g/mol. The van der Waals surface area contributed by atoms with Gasteiger partial charge in [0.05, 0.1) is 15.6 Å². The van der Waals surface area contributed by atoms with Crippen LogP contribution in [-0.4, -0.2) is 36.6 Å². The summed E-state index contributed by atoms with van der Waals surface area (Å²) in [7, 11) is -3.32. The van der Waals surface area contributed by atoms with E-state index in [2.05, 4.69) is 4.90 Å². The molecule has 0 radical (unpaired) electrons.